The first-order valence-corrected chi connectivity index (χ1v) is 10.8. The average molecular weight is 409 g/mol. The Labute approximate surface area is 178 Å². The molecule has 1 fully saturated rings. The molecule has 2 heterocycles. The zero-order valence-corrected chi connectivity index (χ0v) is 17.7. The lowest BCUT2D eigenvalue weighted by atomic mass is 10.1. The third kappa shape index (κ3) is 5.27. The number of nitrogens with two attached hydrogens (primary N) is 1. The molecule has 0 amide bonds. The first-order valence-electron chi connectivity index (χ1n) is 10.8. The molecule has 0 bridgehead atoms. The number of hydrogen-bond acceptors (Lipinski definition) is 3. The summed E-state index contributed by atoms with van der Waals surface area (Å²) in [5.74, 6) is 0.862. The van der Waals surface area contributed by atoms with E-state index in [2.05, 4.69) is 41.8 Å². The van der Waals surface area contributed by atoms with Gasteiger partial charge in [0.15, 0.2) is 0 Å². The van der Waals surface area contributed by atoms with Gasteiger partial charge in [-0.05, 0) is 17.7 Å². The predicted octanol–water partition coefficient (Wildman–Crippen LogP) is 0.586. The maximum atomic E-state index is 5.61. The van der Waals surface area contributed by atoms with Crippen molar-refractivity contribution in [2.24, 2.45) is 0 Å². The molecule has 6 heteroatoms. The van der Waals surface area contributed by atoms with Crippen LogP contribution in [0, 0.1) is 0 Å². The Balaban J connectivity index is 1.49. The van der Waals surface area contributed by atoms with Gasteiger partial charge in [-0.1, -0.05) is 42.5 Å². The van der Waals surface area contributed by atoms with Crippen LogP contribution in [-0.4, -0.2) is 56.3 Å². The van der Waals surface area contributed by atoms with E-state index in [1.807, 2.05) is 28.9 Å². The molecule has 30 heavy (non-hydrogen) atoms. The first kappa shape index (κ1) is 20.6. The smallest absolute Gasteiger partial charge is 0.128 e. The molecule has 6 nitrogen and oxygen atoms in total. The number of para-hydroxylation sites is 1. The van der Waals surface area contributed by atoms with Gasteiger partial charge in [0.2, 0.25) is 0 Å². The Morgan fingerprint density at radius 1 is 1.07 bits per heavy atom. The quantitative estimate of drug-likeness (QED) is 0.510. The van der Waals surface area contributed by atoms with E-state index in [1.165, 1.54) is 17.7 Å². The van der Waals surface area contributed by atoms with E-state index in [4.69, 9.17) is 14.6 Å². The van der Waals surface area contributed by atoms with E-state index in [1.54, 1.807) is 12.0 Å². The van der Waals surface area contributed by atoms with Gasteiger partial charge in [-0.3, -0.25) is 4.68 Å². The molecule has 0 spiro atoms. The number of methoxy groups -OCH3 is 1. The lowest BCUT2D eigenvalue weighted by Crippen LogP contribution is -3.16. The molecule has 0 radical (unpaired) electrons. The SMILES string of the molecule is COc1ccccc1-c1nn(Cc2ccccc2)cc1C[NH2+]CC[NH+]1CCOCC1. The zero-order chi connectivity index (χ0) is 20.6. The molecular weight excluding hydrogens is 376 g/mol. The van der Waals surface area contributed by atoms with Crippen LogP contribution in [0.5, 0.6) is 5.75 Å². The summed E-state index contributed by atoms with van der Waals surface area (Å²) in [5, 5.41) is 7.34. The van der Waals surface area contributed by atoms with Gasteiger partial charge in [-0.2, -0.15) is 5.10 Å². The Morgan fingerprint density at radius 2 is 1.83 bits per heavy atom. The fourth-order valence-corrected chi connectivity index (χ4v) is 4.00. The lowest BCUT2D eigenvalue weighted by molar-refractivity contribution is -0.920. The van der Waals surface area contributed by atoms with Crippen molar-refractivity contribution >= 4 is 0 Å². The molecule has 3 aromatic rings. The largest absolute Gasteiger partial charge is 0.496 e. The van der Waals surface area contributed by atoms with Crippen molar-refractivity contribution in [2.45, 2.75) is 13.1 Å². The maximum absolute atomic E-state index is 5.61. The van der Waals surface area contributed by atoms with Crippen LogP contribution in [-0.2, 0) is 17.8 Å². The zero-order valence-electron chi connectivity index (χ0n) is 17.7. The highest BCUT2D eigenvalue weighted by atomic mass is 16.5. The van der Waals surface area contributed by atoms with Crippen molar-refractivity contribution < 1.29 is 19.7 Å². The van der Waals surface area contributed by atoms with Crippen molar-refractivity contribution in [1.29, 1.82) is 0 Å². The molecule has 1 aliphatic rings. The summed E-state index contributed by atoms with van der Waals surface area (Å²) in [6, 6.07) is 18.6. The number of benzene rings is 2. The van der Waals surface area contributed by atoms with E-state index >= 15 is 0 Å². The van der Waals surface area contributed by atoms with E-state index in [9.17, 15) is 0 Å². The second-order valence-electron chi connectivity index (χ2n) is 7.78. The van der Waals surface area contributed by atoms with Gasteiger partial charge >= 0.3 is 0 Å². The minimum atomic E-state index is 0.765. The van der Waals surface area contributed by atoms with Crippen LogP contribution >= 0.6 is 0 Å². The van der Waals surface area contributed by atoms with Crippen molar-refractivity contribution in [2.75, 3.05) is 46.5 Å². The molecule has 158 valence electrons. The third-order valence-corrected chi connectivity index (χ3v) is 5.65. The number of nitrogens with one attached hydrogen (secondary N) is 1. The molecule has 0 atom stereocenters. The number of aromatic nitrogens is 2. The second-order valence-corrected chi connectivity index (χ2v) is 7.78. The van der Waals surface area contributed by atoms with Crippen LogP contribution in [0.2, 0.25) is 0 Å². The molecule has 1 aliphatic heterocycles. The van der Waals surface area contributed by atoms with Crippen LogP contribution in [0.25, 0.3) is 11.3 Å². The van der Waals surface area contributed by atoms with Crippen LogP contribution < -0.4 is 15.0 Å². The lowest BCUT2D eigenvalue weighted by Gasteiger charge is -2.22. The standard InChI is InChI=1S/C24H30N4O2/c1-29-23-10-6-5-9-22(23)24-21(17-25-11-12-27-13-15-30-16-14-27)19-28(26-24)18-20-7-3-2-4-8-20/h2-10,19,25H,11-18H2,1H3/p+2. The molecule has 0 aliphatic carbocycles. The van der Waals surface area contributed by atoms with Crippen molar-refractivity contribution in [1.82, 2.24) is 9.78 Å². The molecule has 3 N–H and O–H groups in total. The Kier molecular flexibility index (Phi) is 7.13. The number of hydrogen-bond donors (Lipinski definition) is 2. The Bertz CT molecular complexity index is 920. The molecule has 4 rings (SSSR count). The van der Waals surface area contributed by atoms with E-state index < -0.39 is 0 Å². The van der Waals surface area contributed by atoms with Gasteiger partial charge in [0, 0.05) is 11.8 Å². The highest BCUT2D eigenvalue weighted by Gasteiger charge is 2.18. The fourth-order valence-electron chi connectivity index (χ4n) is 4.00. The molecule has 1 aromatic heterocycles. The Hall–Kier alpha value is -2.67. The molecule has 0 saturated carbocycles. The average Bonchev–Trinajstić information content (AvgIpc) is 3.20. The van der Waals surface area contributed by atoms with Gasteiger partial charge in [0.25, 0.3) is 0 Å². The number of ether oxygens (including phenoxy) is 2. The highest BCUT2D eigenvalue weighted by molar-refractivity contribution is 5.69. The van der Waals surface area contributed by atoms with Crippen LogP contribution in [0.15, 0.2) is 60.8 Å². The van der Waals surface area contributed by atoms with Gasteiger partial charge in [-0.15, -0.1) is 0 Å². The normalized spacial score (nSPS) is 14.7. The van der Waals surface area contributed by atoms with Gasteiger partial charge in [0.05, 0.1) is 32.4 Å². The summed E-state index contributed by atoms with van der Waals surface area (Å²) in [7, 11) is 1.72. The summed E-state index contributed by atoms with van der Waals surface area (Å²) < 4.78 is 13.1. The van der Waals surface area contributed by atoms with Crippen LogP contribution in [0.3, 0.4) is 0 Å². The minimum Gasteiger partial charge on any atom is -0.496 e. The highest BCUT2D eigenvalue weighted by Crippen LogP contribution is 2.30. The van der Waals surface area contributed by atoms with E-state index in [0.29, 0.717) is 0 Å². The summed E-state index contributed by atoms with van der Waals surface area (Å²) in [4.78, 5) is 1.64. The Morgan fingerprint density at radius 3 is 2.63 bits per heavy atom. The fraction of sp³-hybridized carbons (Fsp3) is 0.375. The third-order valence-electron chi connectivity index (χ3n) is 5.65. The summed E-state index contributed by atoms with van der Waals surface area (Å²) >= 11 is 0. The predicted molar refractivity (Wildman–Crippen MR) is 117 cm³/mol. The number of quaternary nitrogens is 2. The van der Waals surface area contributed by atoms with Gasteiger partial charge in [0.1, 0.15) is 44.2 Å². The molecule has 2 aromatic carbocycles. The topological polar surface area (TPSA) is 57.3 Å². The van der Waals surface area contributed by atoms with E-state index in [-0.39, 0.29) is 0 Å². The number of morpholine rings is 1. The van der Waals surface area contributed by atoms with Crippen molar-refractivity contribution in [3.05, 3.63) is 71.9 Å². The summed E-state index contributed by atoms with van der Waals surface area (Å²) in [6.45, 7) is 7.96. The van der Waals surface area contributed by atoms with Crippen molar-refractivity contribution in [3.8, 4) is 17.0 Å². The summed E-state index contributed by atoms with van der Waals surface area (Å²) in [5.41, 5.74) is 4.55. The van der Waals surface area contributed by atoms with Crippen molar-refractivity contribution in [3.63, 3.8) is 0 Å². The number of nitrogens with zero attached hydrogens (tertiary/aromatic N) is 2. The maximum Gasteiger partial charge on any atom is 0.128 e. The second kappa shape index (κ2) is 10.4. The van der Waals surface area contributed by atoms with Gasteiger partial charge in [-0.25, -0.2) is 0 Å². The van der Waals surface area contributed by atoms with Crippen LogP contribution in [0.4, 0.5) is 0 Å². The molecular formula is C24H32N4O2+2. The van der Waals surface area contributed by atoms with Crippen LogP contribution in [0.1, 0.15) is 11.1 Å². The first-order chi connectivity index (χ1) is 14.8. The molecule has 1 saturated heterocycles. The summed E-state index contributed by atoms with van der Waals surface area (Å²) in [6.07, 6.45) is 2.19. The monoisotopic (exact) mass is 408 g/mol. The minimum absolute atomic E-state index is 0.765. The number of rotatable bonds is 9. The van der Waals surface area contributed by atoms with E-state index in [0.717, 1.165) is 62.9 Å². The molecule has 0 unspecified atom stereocenters. The van der Waals surface area contributed by atoms with Gasteiger partial charge < -0.3 is 19.7 Å².